The summed E-state index contributed by atoms with van der Waals surface area (Å²) in [6.07, 6.45) is 5.63. The number of hydrogen-bond acceptors (Lipinski definition) is 3. The molecule has 3 unspecified atom stereocenters. The van der Waals surface area contributed by atoms with Gasteiger partial charge in [0, 0.05) is 19.2 Å². The number of aliphatic hydroxyl groups excluding tert-OH is 1. The van der Waals surface area contributed by atoms with Crippen LogP contribution < -0.4 is 5.32 Å². The Morgan fingerprint density at radius 2 is 1.75 bits per heavy atom. The average Bonchev–Trinajstić information content (AvgIpc) is 2.42. The van der Waals surface area contributed by atoms with E-state index in [1.54, 1.807) is 0 Å². The van der Waals surface area contributed by atoms with Crippen LogP contribution in [0.2, 0.25) is 0 Å². The number of nitrogens with one attached hydrogen (secondary N) is 1. The Morgan fingerprint density at radius 1 is 1.05 bits per heavy atom. The van der Waals surface area contributed by atoms with Gasteiger partial charge in [0.25, 0.3) is 0 Å². The highest BCUT2D eigenvalue weighted by atomic mass is 16.5. The van der Waals surface area contributed by atoms with Crippen molar-refractivity contribution in [3.8, 4) is 0 Å². The minimum atomic E-state index is -0.397. The number of rotatable bonds is 13. The minimum absolute atomic E-state index is 0.397. The van der Waals surface area contributed by atoms with Crippen LogP contribution in [0.4, 0.5) is 0 Å². The number of hydrogen-bond donors (Lipinski definition) is 2. The number of unbranched alkanes of at least 4 members (excludes halogenated alkanes) is 1. The highest BCUT2D eigenvalue weighted by Crippen LogP contribution is 2.13. The fourth-order valence-electron chi connectivity index (χ4n) is 2.47. The maximum atomic E-state index is 9.95. The Labute approximate surface area is 126 Å². The normalized spacial score (nSPS) is 16.4. The fourth-order valence-corrected chi connectivity index (χ4v) is 2.47. The van der Waals surface area contributed by atoms with Crippen molar-refractivity contribution in [3.05, 3.63) is 0 Å². The zero-order valence-corrected chi connectivity index (χ0v) is 14.3. The van der Waals surface area contributed by atoms with Crippen LogP contribution >= 0.6 is 0 Å². The van der Waals surface area contributed by atoms with Gasteiger partial charge in [0.05, 0.1) is 12.7 Å². The molecule has 0 bridgehead atoms. The van der Waals surface area contributed by atoms with Gasteiger partial charge in [-0.15, -0.1) is 0 Å². The molecule has 0 radical (unpaired) electrons. The lowest BCUT2D eigenvalue weighted by atomic mass is 10.0. The summed E-state index contributed by atoms with van der Waals surface area (Å²) >= 11 is 0. The molecule has 0 saturated heterocycles. The number of aliphatic hydroxyl groups is 1. The zero-order valence-electron chi connectivity index (χ0n) is 14.3. The lowest BCUT2D eigenvalue weighted by Crippen LogP contribution is -2.40. The summed E-state index contributed by atoms with van der Waals surface area (Å²) in [7, 11) is 0. The second kappa shape index (κ2) is 12.6. The lowest BCUT2D eigenvalue weighted by molar-refractivity contribution is 0.0176. The predicted octanol–water partition coefficient (Wildman–Crippen LogP) is 3.60. The van der Waals surface area contributed by atoms with Gasteiger partial charge >= 0.3 is 0 Å². The van der Waals surface area contributed by atoms with Crippen molar-refractivity contribution in [2.45, 2.75) is 78.9 Å². The molecule has 0 heterocycles. The molecule has 0 amide bonds. The molecule has 0 aromatic heterocycles. The van der Waals surface area contributed by atoms with Crippen molar-refractivity contribution in [2.75, 3.05) is 19.8 Å². The molecule has 0 aliphatic rings. The van der Waals surface area contributed by atoms with E-state index in [0.29, 0.717) is 31.0 Å². The Morgan fingerprint density at radius 3 is 2.25 bits per heavy atom. The van der Waals surface area contributed by atoms with Crippen molar-refractivity contribution in [1.29, 1.82) is 0 Å². The molecule has 0 aliphatic heterocycles. The third-order valence-corrected chi connectivity index (χ3v) is 4.07. The first kappa shape index (κ1) is 19.9. The molecular weight excluding hydrogens is 250 g/mol. The SMILES string of the molecule is CCCCC(CC)COCC(O)CNC(CC)C(C)C. The largest absolute Gasteiger partial charge is 0.389 e. The van der Waals surface area contributed by atoms with Gasteiger partial charge in [-0.1, -0.05) is 53.9 Å². The topological polar surface area (TPSA) is 41.5 Å². The van der Waals surface area contributed by atoms with Crippen LogP contribution in [0.5, 0.6) is 0 Å². The second-order valence-corrected chi connectivity index (χ2v) is 6.27. The average molecular weight is 287 g/mol. The van der Waals surface area contributed by atoms with E-state index in [2.05, 4.69) is 39.9 Å². The maximum absolute atomic E-state index is 9.95. The van der Waals surface area contributed by atoms with Crippen LogP contribution in [0.15, 0.2) is 0 Å². The van der Waals surface area contributed by atoms with E-state index in [9.17, 15) is 5.11 Å². The third kappa shape index (κ3) is 9.73. The van der Waals surface area contributed by atoms with Gasteiger partial charge in [0.1, 0.15) is 0 Å². The van der Waals surface area contributed by atoms with Crippen molar-refractivity contribution in [2.24, 2.45) is 11.8 Å². The summed E-state index contributed by atoms with van der Waals surface area (Å²) < 4.78 is 5.68. The Hall–Kier alpha value is -0.120. The quantitative estimate of drug-likeness (QED) is 0.544. The van der Waals surface area contributed by atoms with Crippen molar-refractivity contribution in [1.82, 2.24) is 5.32 Å². The molecule has 0 rings (SSSR count). The Kier molecular flexibility index (Phi) is 12.5. The summed E-state index contributed by atoms with van der Waals surface area (Å²) in [6.45, 7) is 12.9. The third-order valence-electron chi connectivity index (χ3n) is 4.07. The molecule has 3 nitrogen and oxygen atoms in total. The fraction of sp³-hybridized carbons (Fsp3) is 1.00. The smallest absolute Gasteiger partial charge is 0.0897 e. The number of ether oxygens (including phenoxy) is 1. The van der Waals surface area contributed by atoms with E-state index in [-0.39, 0.29) is 0 Å². The molecule has 0 aliphatic carbocycles. The van der Waals surface area contributed by atoms with Crippen LogP contribution in [0.1, 0.15) is 66.7 Å². The standard InChI is InChI=1S/C17H37NO2/c1-6-9-10-15(7-2)12-20-13-16(19)11-18-17(8-3)14(4)5/h14-19H,6-13H2,1-5H3. The van der Waals surface area contributed by atoms with Crippen LogP contribution in [0.25, 0.3) is 0 Å². The highest BCUT2D eigenvalue weighted by Gasteiger charge is 2.13. The Balaban J connectivity index is 3.73. The summed E-state index contributed by atoms with van der Waals surface area (Å²) in [5, 5.41) is 13.4. The first-order chi connectivity index (χ1) is 9.54. The van der Waals surface area contributed by atoms with E-state index >= 15 is 0 Å². The first-order valence-electron chi connectivity index (χ1n) is 8.54. The van der Waals surface area contributed by atoms with Gasteiger partial charge in [-0.25, -0.2) is 0 Å². The Bertz CT molecular complexity index is 209. The van der Waals surface area contributed by atoms with Crippen LogP contribution in [0, 0.1) is 11.8 Å². The molecule has 3 heteroatoms. The predicted molar refractivity (Wildman–Crippen MR) is 87.1 cm³/mol. The molecule has 122 valence electrons. The first-order valence-corrected chi connectivity index (χ1v) is 8.54. The molecule has 2 N–H and O–H groups in total. The van der Waals surface area contributed by atoms with Crippen LogP contribution in [-0.2, 0) is 4.74 Å². The van der Waals surface area contributed by atoms with E-state index in [1.165, 1.54) is 25.7 Å². The van der Waals surface area contributed by atoms with Gasteiger partial charge in [-0.3, -0.25) is 0 Å². The van der Waals surface area contributed by atoms with Gasteiger partial charge in [0.15, 0.2) is 0 Å². The molecule has 0 saturated carbocycles. The van der Waals surface area contributed by atoms with Gasteiger partial charge in [-0.05, 0) is 24.7 Å². The highest BCUT2D eigenvalue weighted by molar-refractivity contribution is 4.71. The second-order valence-electron chi connectivity index (χ2n) is 6.27. The molecule has 0 aromatic rings. The van der Waals surface area contributed by atoms with Crippen LogP contribution in [-0.4, -0.2) is 37.0 Å². The van der Waals surface area contributed by atoms with E-state index in [1.807, 2.05) is 0 Å². The van der Waals surface area contributed by atoms with Crippen molar-refractivity contribution in [3.63, 3.8) is 0 Å². The summed E-state index contributed by atoms with van der Waals surface area (Å²) in [5.41, 5.74) is 0. The maximum Gasteiger partial charge on any atom is 0.0897 e. The van der Waals surface area contributed by atoms with E-state index < -0.39 is 6.10 Å². The van der Waals surface area contributed by atoms with Gasteiger partial charge in [0.2, 0.25) is 0 Å². The van der Waals surface area contributed by atoms with Gasteiger partial charge < -0.3 is 15.2 Å². The molecular formula is C17H37NO2. The summed E-state index contributed by atoms with van der Waals surface area (Å²) in [4.78, 5) is 0. The van der Waals surface area contributed by atoms with E-state index in [4.69, 9.17) is 4.74 Å². The van der Waals surface area contributed by atoms with Gasteiger partial charge in [-0.2, -0.15) is 0 Å². The molecule has 0 spiro atoms. The lowest BCUT2D eigenvalue weighted by Gasteiger charge is -2.23. The van der Waals surface area contributed by atoms with Crippen LogP contribution in [0.3, 0.4) is 0 Å². The molecule has 20 heavy (non-hydrogen) atoms. The molecule has 0 fully saturated rings. The van der Waals surface area contributed by atoms with E-state index in [0.717, 1.165) is 13.0 Å². The van der Waals surface area contributed by atoms with Crippen molar-refractivity contribution < 1.29 is 9.84 Å². The molecule has 0 aromatic carbocycles. The van der Waals surface area contributed by atoms with Crippen molar-refractivity contribution >= 4 is 0 Å². The monoisotopic (exact) mass is 287 g/mol. The zero-order chi connectivity index (χ0) is 15.4. The molecule has 3 atom stereocenters. The summed E-state index contributed by atoms with van der Waals surface area (Å²) in [6, 6.07) is 0.484. The summed E-state index contributed by atoms with van der Waals surface area (Å²) in [5.74, 6) is 1.25. The minimum Gasteiger partial charge on any atom is -0.389 e.